The van der Waals surface area contributed by atoms with Gasteiger partial charge in [0.25, 0.3) is 0 Å². The average Bonchev–Trinajstić information content (AvgIpc) is 3.57. The van der Waals surface area contributed by atoms with Gasteiger partial charge in [0.2, 0.25) is 11.8 Å². The molecular formula is C29H25F3N4O3S. The van der Waals surface area contributed by atoms with Crippen LogP contribution in [0.3, 0.4) is 0 Å². The molecule has 0 radical (unpaired) electrons. The number of aromatic nitrogens is 3. The standard InChI is InChI=1S/C21H18F3N3O3S.C8H7N/c22-21(23,24)30-15-9-7-13(8-10-15)16-5-2-6-17-19(16)31-27(12-28-17)11-18-25-26-20(29-18)14-3-1-4-14;1-2-4-8-7(3-1)5-6-9-8/h2,5-10,14H,1,3-4,11-12H2;1-6,9H. The molecule has 1 aliphatic carbocycles. The Bertz CT molecular complexity index is 1550. The molecule has 1 N–H and O–H groups in total. The second kappa shape index (κ2) is 11.3. The third-order valence-corrected chi connectivity index (χ3v) is 7.77. The number of alkyl halides is 3. The van der Waals surface area contributed by atoms with Crippen molar-refractivity contribution in [1.82, 2.24) is 19.5 Å². The lowest BCUT2D eigenvalue weighted by Crippen LogP contribution is -2.25. The van der Waals surface area contributed by atoms with Crippen molar-refractivity contribution in [3.63, 3.8) is 0 Å². The van der Waals surface area contributed by atoms with Crippen LogP contribution >= 0.6 is 11.9 Å². The van der Waals surface area contributed by atoms with Gasteiger partial charge < -0.3 is 18.9 Å². The van der Waals surface area contributed by atoms with Gasteiger partial charge in [-0.25, -0.2) is 4.31 Å². The Morgan fingerprint density at radius 1 is 0.975 bits per heavy atom. The van der Waals surface area contributed by atoms with Crippen molar-refractivity contribution in [2.75, 3.05) is 6.73 Å². The quantitative estimate of drug-likeness (QED) is 0.217. The van der Waals surface area contributed by atoms with Gasteiger partial charge in [-0.05, 0) is 66.1 Å². The Labute approximate surface area is 232 Å². The fraction of sp³-hybridized carbons (Fsp3) is 0.241. The van der Waals surface area contributed by atoms with Crippen molar-refractivity contribution >= 4 is 22.9 Å². The van der Waals surface area contributed by atoms with Crippen LogP contribution in [0, 0.1) is 0 Å². The van der Waals surface area contributed by atoms with Crippen molar-refractivity contribution in [3.8, 4) is 22.6 Å². The summed E-state index contributed by atoms with van der Waals surface area (Å²) in [7, 11) is 0. The minimum absolute atomic E-state index is 0.259. The Morgan fingerprint density at radius 3 is 2.55 bits per heavy atom. The predicted octanol–water partition coefficient (Wildman–Crippen LogP) is 7.93. The Balaban J connectivity index is 0.000000271. The van der Waals surface area contributed by atoms with Gasteiger partial charge in [0.1, 0.15) is 11.5 Å². The summed E-state index contributed by atoms with van der Waals surface area (Å²) in [5, 5.41) is 9.59. The van der Waals surface area contributed by atoms with E-state index < -0.39 is 6.36 Å². The van der Waals surface area contributed by atoms with Crippen LogP contribution in [0.5, 0.6) is 11.5 Å². The summed E-state index contributed by atoms with van der Waals surface area (Å²) in [6, 6.07) is 21.7. The fourth-order valence-electron chi connectivity index (χ4n) is 4.46. The minimum Gasteiger partial charge on any atom is -0.476 e. The minimum atomic E-state index is -4.72. The molecule has 1 fully saturated rings. The number of H-pyrrole nitrogens is 1. The maximum atomic E-state index is 12.4. The molecule has 0 atom stereocenters. The third kappa shape index (κ3) is 6.10. The number of hydrogen-bond acceptors (Lipinski definition) is 7. The highest BCUT2D eigenvalue weighted by molar-refractivity contribution is 7.97. The molecule has 0 spiro atoms. The number of hydrogen-bond donors (Lipinski definition) is 1. The molecule has 2 aliphatic rings. The molecule has 0 bridgehead atoms. The number of nitrogens with zero attached hydrogens (tertiary/aromatic N) is 3. The molecule has 0 unspecified atom stereocenters. The monoisotopic (exact) mass is 566 g/mol. The van der Waals surface area contributed by atoms with E-state index in [0.29, 0.717) is 31.0 Å². The van der Waals surface area contributed by atoms with Crippen molar-refractivity contribution < 1.29 is 27.1 Å². The normalized spacial score (nSPS) is 15.5. The van der Waals surface area contributed by atoms with Crippen LogP contribution in [0.1, 0.15) is 37.0 Å². The van der Waals surface area contributed by atoms with Crippen LogP contribution in [0.25, 0.3) is 22.0 Å². The Morgan fingerprint density at radius 2 is 1.80 bits per heavy atom. The average molecular weight is 567 g/mol. The largest absolute Gasteiger partial charge is 0.573 e. The summed E-state index contributed by atoms with van der Waals surface area (Å²) in [4.78, 5) is 3.99. The van der Waals surface area contributed by atoms with Crippen LogP contribution in [-0.2, 0) is 6.54 Å². The van der Waals surface area contributed by atoms with Crippen LogP contribution in [0.4, 0.5) is 13.2 Å². The number of nitrogens with one attached hydrogen (secondary N) is 1. The van der Waals surface area contributed by atoms with Gasteiger partial charge in [-0.2, -0.15) is 0 Å². The zero-order valence-electron chi connectivity index (χ0n) is 21.2. The lowest BCUT2D eigenvalue weighted by atomic mass is 9.85. The molecule has 0 amide bonds. The first kappa shape index (κ1) is 26.3. The number of ether oxygens (including phenoxy) is 2. The first-order valence-electron chi connectivity index (χ1n) is 12.8. The third-order valence-electron chi connectivity index (χ3n) is 6.67. The number of aromatic amines is 1. The van der Waals surface area contributed by atoms with Crippen LogP contribution < -0.4 is 9.47 Å². The summed E-state index contributed by atoms with van der Waals surface area (Å²) >= 11 is 1.49. The van der Waals surface area contributed by atoms with E-state index in [1.165, 1.54) is 41.4 Å². The van der Waals surface area contributed by atoms with Gasteiger partial charge in [-0.3, -0.25) is 0 Å². The highest BCUT2D eigenvalue weighted by atomic mass is 32.2. The molecule has 206 valence electrons. The lowest BCUT2D eigenvalue weighted by molar-refractivity contribution is -0.274. The van der Waals surface area contributed by atoms with Gasteiger partial charge in [-0.15, -0.1) is 23.4 Å². The molecule has 7 rings (SSSR count). The van der Waals surface area contributed by atoms with E-state index in [0.717, 1.165) is 34.6 Å². The molecule has 1 saturated carbocycles. The molecule has 3 heterocycles. The second-order valence-corrected chi connectivity index (χ2v) is 10.5. The van der Waals surface area contributed by atoms with Gasteiger partial charge in [-0.1, -0.05) is 48.9 Å². The Hall–Kier alpha value is -3.96. The smallest absolute Gasteiger partial charge is 0.476 e. The van der Waals surface area contributed by atoms with Gasteiger partial charge in [0.15, 0.2) is 6.73 Å². The number of halogens is 3. The van der Waals surface area contributed by atoms with E-state index in [1.54, 1.807) is 12.1 Å². The first-order valence-corrected chi connectivity index (χ1v) is 13.6. The number of rotatable bonds is 5. The lowest BCUT2D eigenvalue weighted by Gasteiger charge is -2.28. The van der Waals surface area contributed by atoms with E-state index in [4.69, 9.17) is 9.15 Å². The summed E-state index contributed by atoms with van der Waals surface area (Å²) in [5.74, 6) is 2.07. The molecule has 2 aromatic heterocycles. The molecular weight excluding hydrogens is 541 g/mol. The Kier molecular flexibility index (Phi) is 7.40. The van der Waals surface area contributed by atoms with E-state index in [-0.39, 0.29) is 5.75 Å². The topological polar surface area (TPSA) is 76.4 Å². The van der Waals surface area contributed by atoms with Crippen molar-refractivity contribution in [2.45, 2.75) is 43.0 Å². The maximum absolute atomic E-state index is 12.4. The highest BCUT2D eigenvalue weighted by Gasteiger charge is 2.31. The molecule has 40 heavy (non-hydrogen) atoms. The first-order chi connectivity index (χ1) is 19.4. The number of benzene rings is 3. The fourth-order valence-corrected chi connectivity index (χ4v) is 5.50. The highest BCUT2D eigenvalue weighted by Crippen LogP contribution is 2.44. The van der Waals surface area contributed by atoms with Crippen LogP contribution in [0.2, 0.25) is 0 Å². The summed E-state index contributed by atoms with van der Waals surface area (Å²) in [5.41, 5.74) is 2.82. The predicted molar refractivity (Wildman–Crippen MR) is 145 cm³/mol. The summed E-state index contributed by atoms with van der Waals surface area (Å²) in [6.07, 6.45) is 0.607. The molecule has 11 heteroatoms. The zero-order chi connectivity index (χ0) is 27.5. The van der Waals surface area contributed by atoms with Gasteiger partial charge in [0.05, 0.1) is 11.4 Å². The zero-order valence-corrected chi connectivity index (χ0v) is 22.0. The van der Waals surface area contributed by atoms with Crippen LogP contribution in [-0.4, -0.2) is 32.6 Å². The molecule has 1 aliphatic heterocycles. The molecule has 7 nitrogen and oxygen atoms in total. The summed E-state index contributed by atoms with van der Waals surface area (Å²) < 4.78 is 54.9. The van der Waals surface area contributed by atoms with Crippen molar-refractivity contribution in [1.29, 1.82) is 0 Å². The summed E-state index contributed by atoms with van der Waals surface area (Å²) in [6.45, 7) is 0.775. The van der Waals surface area contributed by atoms with Crippen molar-refractivity contribution in [2.24, 2.45) is 0 Å². The number of para-hydroxylation sites is 1. The van der Waals surface area contributed by atoms with E-state index in [9.17, 15) is 13.2 Å². The van der Waals surface area contributed by atoms with Crippen molar-refractivity contribution in [3.05, 3.63) is 90.8 Å². The van der Waals surface area contributed by atoms with E-state index in [2.05, 4.69) is 38.1 Å². The SMILES string of the molecule is FC(F)(F)Oc1ccc(-c2cccc3c2SN(Cc2nnc(C4CCC4)o2)CO3)cc1.c1ccc2[nH]ccc2c1. The van der Waals surface area contributed by atoms with E-state index >= 15 is 0 Å². The van der Waals surface area contributed by atoms with Gasteiger partial charge >= 0.3 is 6.36 Å². The molecule has 0 saturated heterocycles. The number of fused-ring (bicyclic) bond motifs is 2. The van der Waals surface area contributed by atoms with Gasteiger partial charge in [0, 0.05) is 23.2 Å². The van der Waals surface area contributed by atoms with E-state index in [1.807, 2.05) is 40.8 Å². The molecule has 3 aromatic carbocycles. The molecule has 5 aromatic rings. The van der Waals surface area contributed by atoms with Crippen LogP contribution in [0.15, 0.2) is 88.3 Å². The maximum Gasteiger partial charge on any atom is 0.573 e. The second-order valence-electron chi connectivity index (χ2n) is 9.44.